The van der Waals surface area contributed by atoms with Gasteiger partial charge in [-0.1, -0.05) is 44.9 Å². The Morgan fingerprint density at radius 2 is 1.54 bits per heavy atom. The molecule has 2 saturated heterocycles. The average molecular weight is 335 g/mol. The van der Waals surface area contributed by atoms with Crippen LogP contribution in [0.15, 0.2) is 0 Å². The van der Waals surface area contributed by atoms with Crippen molar-refractivity contribution in [3.8, 4) is 0 Å². The van der Waals surface area contributed by atoms with E-state index in [1.807, 2.05) is 0 Å². The van der Waals surface area contributed by atoms with Crippen LogP contribution in [-0.4, -0.2) is 46.8 Å². The van der Waals surface area contributed by atoms with E-state index in [0.29, 0.717) is 18.4 Å². The molecular weight excluding hydrogens is 306 g/mol. The zero-order chi connectivity index (χ0) is 17.1. The minimum Gasteiger partial charge on any atom is -0.368 e. The number of primary amides is 1. The van der Waals surface area contributed by atoms with Gasteiger partial charge in [0.05, 0.1) is 6.42 Å². The maximum Gasteiger partial charge on any atom is 0.327 e. The first-order valence-corrected chi connectivity index (χ1v) is 9.48. The Kier molecular flexibility index (Phi) is 5.41. The molecule has 2 heterocycles. The van der Waals surface area contributed by atoms with E-state index in [1.165, 1.54) is 51.4 Å². The average Bonchev–Trinajstić information content (AvgIpc) is 2.52. The van der Waals surface area contributed by atoms with E-state index in [9.17, 15) is 14.4 Å². The molecule has 2 aliphatic heterocycles. The summed E-state index contributed by atoms with van der Waals surface area (Å²) in [6, 6.07) is -1.06. The molecule has 6 nitrogen and oxygen atoms in total. The Morgan fingerprint density at radius 1 is 0.917 bits per heavy atom. The molecule has 134 valence electrons. The third kappa shape index (κ3) is 3.57. The van der Waals surface area contributed by atoms with Crippen LogP contribution in [0.4, 0.5) is 4.79 Å². The molecule has 0 radical (unpaired) electrons. The highest BCUT2D eigenvalue weighted by molar-refractivity contribution is 6.07. The molecule has 0 aromatic carbocycles. The lowest BCUT2D eigenvalue weighted by molar-refractivity contribution is -0.148. The van der Waals surface area contributed by atoms with E-state index in [2.05, 4.69) is 0 Å². The summed E-state index contributed by atoms with van der Waals surface area (Å²) in [5, 5.41) is 0. The van der Waals surface area contributed by atoms with Crippen LogP contribution in [0.5, 0.6) is 0 Å². The Labute approximate surface area is 143 Å². The van der Waals surface area contributed by atoms with Gasteiger partial charge in [0.2, 0.25) is 11.8 Å². The standard InChI is InChI=1S/C18H29N3O3/c19-17(23)15-11-16(22)21(15)18(24)20-10-6-9-14(12-20)13-7-4-2-1-3-5-8-13/h13-15H,1-12H2,(H2,19,23). The van der Waals surface area contributed by atoms with Crippen molar-refractivity contribution in [2.24, 2.45) is 17.6 Å². The molecule has 0 spiro atoms. The number of hydrogen-bond donors (Lipinski definition) is 1. The van der Waals surface area contributed by atoms with Crippen LogP contribution >= 0.6 is 0 Å². The van der Waals surface area contributed by atoms with Crippen molar-refractivity contribution < 1.29 is 14.4 Å². The molecule has 4 amide bonds. The van der Waals surface area contributed by atoms with Crippen molar-refractivity contribution in [3.63, 3.8) is 0 Å². The van der Waals surface area contributed by atoms with E-state index in [0.717, 1.165) is 17.9 Å². The van der Waals surface area contributed by atoms with Crippen molar-refractivity contribution >= 4 is 17.8 Å². The zero-order valence-corrected chi connectivity index (χ0v) is 14.4. The largest absolute Gasteiger partial charge is 0.368 e. The Morgan fingerprint density at radius 3 is 2.17 bits per heavy atom. The first kappa shape index (κ1) is 17.2. The van der Waals surface area contributed by atoms with E-state index < -0.39 is 11.9 Å². The number of nitrogens with two attached hydrogens (primary N) is 1. The van der Waals surface area contributed by atoms with Gasteiger partial charge in [-0.3, -0.25) is 14.5 Å². The lowest BCUT2D eigenvalue weighted by atomic mass is 9.78. The molecule has 0 aromatic heterocycles. The number of nitrogens with zero attached hydrogens (tertiary/aromatic N) is 2. The van der Waals surface area contributed by atoms with Crippen molar-refractivity contribution in [1.82, 2.24) is 9.80 Å². The van der Waals surface area contributed by atoms with Gasteiger partial charge in [0.15, 0.2) is 0 Å². The number of rotatable bonds is 2. The van der Waals surface area contributed by atoms with Crippen LogP contribution in [0, 0.1) is 11.8 Å². The van der Waals surface area contributed by atoms with Gasteiger partial charge in [-0.05, 0) is 24.7 Å². The molecule has 2 unspecified atom stereocenters. The summed E-state index contributed by atoms with van der Waals surface area (Å²) in [7, 11) is 0. The summed E-state index contributed by atoms with van der Waals surface area (Å²) in [4.78, 5) is 38.7. The lowest BCUT2D eigenvalue weighted by Crippen LogP contribution is -2.64. The second-order valence-electron chi connectivity index (χ2n) is 7.62. The Bertz CT molecular complexity index is 500. The van der Waals surface area contributed by atoms with Gasteiger partial charge in [-0.25, -0.2) is 4.79 Å². The molecule has 0 bridgehead atoms. The number of hydrogen-bond acceptors (Lipinski definition) is 3. The molecule has 24 heavy (non-hydrogen) atoms. The molecule has 0 aromatic rings. The van der Waals surface area contributed by atoms with Crippen molar-refractivity contribution in [3.05, 3.63) is 0 Å². The lowest BCUT2D eigenvalue weighted by Gasteiger charge is -2.43. The van der Waals surface area contributed by atoms with Crippen LogP contribution in [-0.2, 0) is 9.59 Å². The van der Waals surface area contributed by atoms with Gasteiger partial charge in [0.1, 0.15) is 6.04 Å². The molecule has 3 rings (SSSR count). The molecule has 1 saturated carbocycles. The molecule has 1 aliphatic carbocycles. The van der Waals surface area contributed by atoms with Crippen molar-refractivity contribution in [2.75, 3.05) is 13.1 Å². The summed E-state index contributed by atoms with van der Waals surface area (Å²) >= 11 is 0. The maximum absolute atomic E-state index is 12.7. The molecule has 6 heteroatoms. The SMILES string of the molecule is NC(=O)C1CC(=O)N1C(=O)N1CCCC(C2CCCCCCC2)C1. The normalized spacial score (nSPS) is 29.6. The van der Waals surface area contributed by atoms with E-state index in [4.69, 9.17) is 5.73 Å². The van der Waals surface area contributed by atoms with Crippen LogP contribution in [0.2, 0.25) is 0 Å². The van der Waals surface area contributed by atoms with Crippen LogP contribution in [0.1, 0.15) is 64.2 Å². The topological polar surface area (TPSA) is 83.7 Å². The van der Waals surface area contributed by atoms with Crippen molar-refractivity contribution in [1.29, 1.82) is 0 Å². The number of amides is 4. The number of imide groups is 1. The third-order valence-electron chi connectivity index (χ3n) is 6.03. The highest BCUT2D eigenvalue weighted by Gasteiger charge is 2.46. The number of urea groups is 1. The fraction of sp³-hybridized carbons (Fsp3) is 0.833. The third-order valence-corrected chi connectivity index (χ3v) is 6.03. The van der Waals surface area contributed by atoms with Crippen LogP contribution in [0.3, 0.4) is 0 Å². The minimum absolute atomic E-state index is 0.0704. The zero-order valence-electron chi connectivity index (χ0n) is 14.4. The van der Waals surface area contributed by atoms with E-state index >= 15 is 0 Å². The number of carbonyl (C=O) groups is 3. The molecule has 2 N–H and O–H groups in total. The van der Waals surface area contributed by atoms with Crippen LogP contribution in [0.25, 0.3) is 0 Å². The van der Waals surface area contributed by atoms with Gasteiger partial charge in [0, 0.05) is 13.1 Å². The minimum atomic E-state index is -0.744. The summed E-state index contributed by atoms with van der Waals surface area (Å²) < 4.78 is 0. The van der Waals surface area contributed by atoms with Gasteiger partial charge >= 0.3 is 6.03 Å². The van der Waals surface area contributed by atoms with Gasteiger partial charge in [-0.15, -0.1) is 0 Å². The van der Waals surface area contributed by atoms with Crippen LogP contribution < -0.4 is 5.73 Å². The number of likely N-dealkylation sites (tertiary alicyclic amines) is 2. The van der Waals surface area contributed by atoms with E-state index in [-0.39, 0.29) is 18.4 Å². The molecule has 3 aliphatic rings. The summed E-state index contributed by atoms with van der Waals surface area (Å²) in [6.07, 6.45) is 11.3. The highest BCUT2D eigenvalue weighted by atomic mass is 16.2. The first-order chi connectivity index (χ1) is 11.6. The molecule has 2 atom stereocenters. The van der Waals surface area contributed by atoms with Gasteiger partial charge < -0.3 is 10.6 Å². The van der Waals surface area contributed by atoms with Gasteiger partial charge in [-0.2, -0.15) is 0 Å². The Hall–Kier alpha value is -1.59. The van der Waals surface area contributed by atoms with E-state index in [1.54, 1.807) is 4.90 Å². The number of β-lactam (4-membered cyclic amide) rings is 1. The maximum atomic E-state index is 12.7. The second kappa shape index (κ2) is 7.53. The molecular formula is C18H29N3O3. The quantitative estimate of drug-likeness (QED) is 0.786. The van der Waals surface area contributed by atoms with Gasteiger partial charge in [0.25, 0.3) is 0 Å². The first-order valence-electron chi connectivity index (χ1n) is 9.48. The highest BCUT2D eigenvalue weighted by Crippen LogP contribution is 2.34. The van der Waals surface area contributed by atoms with Crippen molar-refractivity contribution in [2.45, 2.75) is 70.3 Å². The smallest absolute Gasteiger partial charge is 0.327 e. The summed E-state index contributed by atoms with van der Waals surface area (Å²) in [5.74, 6) is 0.359. The predicted molar refractivity (Wildman–Crippen MR) is 89.9 cm³/mol. The molecule has 3 fully saturated rings. The summed E-state index contributed by atoms with van der Waals surface area (Å²) in [5.41, 5.74) is 5.29. The number of piperidine rings is 1. The number of carbonyl (C=O) groups excluding carboxylic acids is 3. The fourth-order valence-corrected chi connectivity index (χ4v) is 4.56. The Balaban J connectivity index is 1.61. The predicted octanol–water partition coefficient (Wildman–Crippen LogP) is 2.27. The monoisotopic (exact) mass is 335 g/mol. The fourth-order valence-electron chi connectivity index (χ4n) is 4.56. The summed E-state index contributed by atoms with van der Waals surface area (Å²) in [6.45, 7) is 1.40. The second-order valence-corrected chi connectivity index (χ2v) is 7.62.